The fourth-order valence-electron chi connectivity index (χ4n) is 5.19. The van der Waals surface area contributed by atoms with Gasteiger partial charge in [0.2, 0.25) is 11.8 Å². The molecule has 3 atom stereocenters. The highest BCUT2D eigenvalue weighted by molar-refractivity contribution is 5.80. The zero-order valence-corrected chi connectivity index (χ0v) is 19.7. The van der Waals surface area contributed by atoms with Crippen LogP contribution in [0.15, 0.2) is 54.6 Å². The van der Waals surface area contributed by atoms with E-state index < -0.39 is 0 Å². The molecule has 7 heteroatoms. The quantitative estimate of drug-likeness (QED) is 0.434. The van der Waals surface area contributed by atoms with Gasteiger partial charge in [0.05, 0.1) is 19.2 Å². The van der Waals surface area contributed by atoms with Crippen molar-refractivity contribution >= 4 is 23.5 Å². The minimum Gasteiger partial charge on any atom is -0.469 e. The lowest BCUT2D eigenvalue weighted by atomic mass is 9.80. The van der Waals surface area contributed by atoms with Crippen LogP contribution in [0.2, 0.25) is 0 Å². The lowest BCUT2D eigenvalue weighted by molar-refractivity contribution is -0.141. The van der Waals surface area contributed by atoms with Gasteiger partial charge in [0.1, 0.15) is 0 Å². The predicted octanol–water partition coefficient (Wildman–Crippen LogP) is 3.98. The Bertz CT molecular complexity index is 1010. The second kappa shape index (κ2) is 11.2. The van der Waals surface area contributed by atoms with Gasteiger partial charge >= 0.3 is 5.97 Å². The molecule has 4 rings (SSSR count). The number of nitrogens with one attached hydrogen (secondary N) is 2. The Morgan fingerprint density at radius 1 is 1.00 bits per heavy atom. The predicted molar refractivity (Wildman–Crippen MR) is 130 cm³/mol. The largest absolute Gasteiger partial charge is 0.469 e. The molecule has 2 aliphatic heterocycles. The van der Waals surface area contributed by atoms with Crippen molar-refractivity contribution in [3.8, 4) is 0 Å². The molecule has 0 unspecified atom stereocenters. The third kappa shape index (κ3) is 5.41. The number of rotatable bonds is 9. The molecule has 1 fully saturated rings. The van der Waals surface area contributed by atoms with Gasteiger partial charge in [-0.1, -0.05) is 48.5 Å². The number of amides is 2. The Morgan fingerprint density at radius 2 is 1.74 bits per heavy atom. The van der Waals surface area contributed by atoms with Crippen molar-refractivity contribution in [2.75, 3.05) is 25.5 Å². The van der Waals surface area contributed by atoms with Crippen molar-refractivity contribution in [2.45, 2.75) is 50.6 Å². The van der Waals surface area contributed by atoms with Crippen LogP contribution in [0.3, 0.4) is 0 Å². The summed E-state index contributed by atoms with van der Waals surface area (Å²) in [6.45, 7) is 1.04. The van der Waals surface area contributed by atoms with Gasteiger partial charge in [-0.2, -0.15) is 0 Å². The van der Waals surface area contributed by atoms with E-state index in [4.69, 9.17) is 0 Å². The molecule has 2 aromatic rings. The van der Waals surface area contributed by atoms with Crippen molar-refractivity contribution in [3.63, 3.8) is 0 Å². The van der Waals surface area contributed by atoms with Crippen LogP contribution in [0.5, 0.6) is 0 Å². The third-order valence-electron chi connectivity index (χ3n) is 6.87. The van der Waals surface area contributed by atoms with Crippen molar-refractivity contribution in [1.82, 2.24) is 10.2 Å². The molecule has 180 valence electrons. The number of hydrogen-bond acceptors (Lipinski definition) is 5. The summed E-state index contributed by atoms with van der Waals surface area (Å²) in [6.07, 6.45) is 3.12. The van der Waals surface area contributed by atoms with Crippen molar-refractivity contribution in [3.05, 3.63) is 65.7 Å². The summed E-state index contributed by atoms with van der Waals surface area (Å²) < 4.78 is 4.60. The fourth-order valence-corrected chi connectivity index (χ4v) is 5.19. The van der Waals surface area contributed by atoms with Gasteiger partial charge in [0, 0.05) is 44.0 Å². The highest BCUT2D eigenvalue weighted by Gasteiger charge is 2.45. The van der Waals surface area contributed by atoms with Gasteiger partial charge in [-0.3, -0.25) is 14.4 Å². The Morgan fingerprint density at radius 3 is 2.53 bits per heavy atom. The van der Waals surface area contributed by atoms with Crippen LogP contribution >= 0.6 is 0 Å². The van der Waals surface area contributed by atoms with Crippen LogP contribution in [0.1, 0.15) is 61.7 Å². The first kappa shape index (κ1) is 23.8. The summed E-state index contributed by atoms with van der Waals surface area (Å²) in [6, 6.07) is 18.9. The molecule has 2 aliphatic rings. The molecule has 0 saturated carbocycles. The standard InChI is InChI=1S/C27H33N3O4/c1-34-25(33)14-8-7-13-23(31)28-17-15-24(32)30-18-16-21-26(19-9-3-2-4-10-19)29-22-12-6-5-11-20(22)27(21)30/h2-6,9-12,21,26-27,29H,7-8,13-18H2,1H3,(H,28,31)/t21-,26+,27+/m1/s1. The molecule has 2 heterocycles. The first-order valence-electron chi connectivity index (χ1n) is 12.1. The van der Waals surface area contributed by atoms with Gasteiger partial charge in [0.25, 0.3) is 0 Å². The molecule has 0 bridgehead atoms. The van der Waals surface area contributed by atoms with Crippen LogP contribution in [0, 0.1) is 5.92 Å². The Balaban J connectivity index is 1.35. The van der Waals surface area contributed by atoms with E-state index in [9.17, 15) is 14.4 Å². The molecule has 1 saturated heterocycles. The first-order chi connectivity index (χ1) is 16.6. The normalized spacial score (nSPS) is 20.6. The Hall–Kier alpha value is -3.35. The maximum absolute atomic E-state index is 13.2. The minimum atomic E-state index is -0.260. The highest BCUT2D eigenvalue weighted by atomic mass is 16.5. The van der Waals surface area contributed by atoms with E-state index in [0.29, 0.717) is 38.1 Å². The summed E-state index contributed by atoms with van der Waals surface area (Å²) in [5.41, 5.74) is 3.48. The van der Waals surface area contributed by atoms with Gasteiger partial charge in [-0.15, -0.1) is 0 Å². The fraction of sp³-hybridized carbons (Fsp3) is 0.444. The van der Waals surface area contributed by atoms with E-state index >= 15 is 0 Å². The second-order valence-corrected chi connectivity index (χ2v) is 8.99. The topological polar surface area (TPSA) is 87.7 Å². The monoisotopic (exact) mass is 463 g/mol. The molecular formula is C27H33N3O4. The maximum Gasteiger partial charge on any atom is 0.305 e. The lowest BCUT2D eigenvalue weighted by Crippen LogP contribution is -2.38. The van der Waals surface area contributed by atoms with Gasteiger partial charge in [-0.25, -0.2) is 0 Å². The summed E-state index contributed by atoms with van der Waals surface area (Å²) in [7, 11) is 1.36. The average Bonchev–Trinajstić information content (AvgIpc) is 3.32. The Kier molecular flexibility index (Phi) is 7.83. The van der Waals surface area contributed by atoms with Crippen molar-refractivity contribution < 1.29 is 19.1 Å². The number of methoxy groups -OCH3 is 1. The zero-order chi connectivity index (χ0) is 23.9. The van der Waals surface area contributed by atoms with Crippen molar-refractivity contribution in [1.29, 1.82) is 0 Å². The third-order valence-corrected chi connectivity index (χ3v) is 6.87. The molecule has 0 aliphatic carbocycles. The van der Waals surface area contributed by atoms with Crippen LogP contribution < -0.4 is 10.6 Å². The summed E-state index contributed by atoms with van der Waals surface area (Å²) >= 11 is 0. The molecule has 2 N–H and O–H groups in total. The van der Waals surface area contributed by atoms with E-state index in [-0.39, 0.29) is 36.3 Å². The number of hydrogen-bond donors (Lipinski definition) is 2. The number of benzene rings is 2. The Labute approximate surface area is 200 Å². The van der Waals surface area contributed by atoms with Gasteiger partial charge in [0.15, 0.2) is 0 Å². The van der Waals surface area contributed by atoms with Crippen molar-refractivity contribution in [2.24, 2.45) is 5.92 Å². The average molecular weight is 464 g/mol. The molecule has 7 nitrogen and oxygen atoms in total. The van der Waals surface area contributed by atoms with Crippen LogP contribution in [0.25, 0.3) is 0 Å². The van der Waals surface area contributed by atoms with Crippen LogP contribution in [-0.4, -0.2) is 42.9 Å². The smallest absolute Gasteiger partial charge is 0.305 e. The maximum atomic E-state index is 13.2. The number of carbonyl (C=O) groups is 3. The summed E-state index contributed by atoms with van der Waals surface area (Å²) in [5.74, 6) is 0.0184. The van der Waals surface area contributed by atoms with Gasteiger partial charge < -0.3 is 20.3 Å². The summed E-state index contributed by atoms with van der Waals surface area (Å²) in [4.78, 5) is 38.4. The molecule has 34 heavy (non-hydrogen) atoms. The zero-order valence-electron chi connectivity index (χ0n) is 19.7. The number of para-hydroxylation sites is 1. The van der Waals surface area contributed by atoms with Crippen LogP contribution in [0.4, 0.5) is 5.69 Å². The van der Waals surface area contributed by atoms with E-state index in [1.807, 2.05) is 23.1 Å². The van der Waals surface area contributed by atoms with E-state index in [2.05, 4.69) is 51.8 Å². The molecule has 2 amide bonds. The first-order valence-corrected chi connectivity index (χ1v) is 12.1. The number of carbonyl (C=O) groups excluding carboxylic acids is 3. The van der Waals surface area contributed by atoms with E-state index in [1.54, 1.807) is 0 Å². The highest BCUT2D eigenvalue weighted by Crippen LogP contribution is 2.51. The molecule has 2 aromatic carbocycles. The second-order valence-electron chi connectivity index (χ2n) is 8.99. The van der Waals surface area contributed by atoms with Crippen LogP contribution in [-0.2, 0) is 19.1 Å². The minimum absolute atomic E-state index is 0.0316. The number of ether oxygens (including phenoxy) is 1. The SMILES string of the molecule is COC(=O)CCCCC(=O)NCCC(=O)N1CC[C@@H]2[C@H](c3ccccc3)Nc3ccccc3[C@@H]21. The van der Waals surface area contributed by atoms with E-state index in [0.717, 1.165) is 18.7 Å². The number of nitrogens with zero attached hydrogens (tertiary/aromatic N) is 1. The molecular weight excluding hydrogens is 430 g/mol. The number of likely N-dealkylation sites (tertiary alicyclic amines) is 1. The van der Waals surface area contributed by atoms with E-state index in [1.165, 1.54) is 18.2 Å². The number of unbranched alkanes of at least 4 members (excludes halogenated alkanes) is 1. The number of anilines is 1. The molecule has 0 aromatic heterocycles. The molecule has 0 radical (unpaired) electrons. The van der Waals surface area contributed by atoms with Gasteiger partial charge in [-0.05, 0) is 36.5 Å². The number of esters is 1. The lowest BCUT2D eigenvalue weighted by Gasteiger charge is -2.40. The summed E-state index contributed by atoms with van der Waals surface area (Å²) in [5, 5.41) is 6.56. The number of fused-ring (bicyclic) bond motifs is 3. The molecule has 0 spiro atoms.